The first kappa shape index (κ1) is 31.5. The fourth-order valence-electron chi connectivity index (χ4n) is 8.37. The molecule has 0 aliphatic heterocycles. The van der Waals surface area contributed by atoms with E-state index in [0.717, 1.165) is 77.7 Å². The van der Waals surface area contributed by atoms with E-state index in [1.54, 1.807) is 0 Å². The second kappa shape index (κ2) is 11.7. The lowest BCUT2D eigenvalue weighted by atomic mass is 9.95. The highest BCUT2D eigenvalue weighted by molar-refractivity contribution is 6.24. The SMILES string of the molecule is CC(C)(C)c1nc(-c2ccccc2-n2c3ccccc3c3ccccc32)nc(-c2ccccc2-n2c3ccccc3c3ccc4oc5ccccc5c4c32)n1. The Kier molecular flexibility index (Phi) is 6.71. The van der Waals surface area contributed by atoms with E-state index < -0.39 is 0 Å². The van der Waals surface area contributed by atoms with Crippen molar-refractivity contribution >= 4 is 65.6 Å². The Labute approximate surface area is 317 Å². The van der Waals surface area contributed by atoms with Gasteiger partial charge in [0.05, 0.1) is 38.8 Å². The van der Waals surface area contributed by atoms with Gasteiger partial charge in [-0.1, -0.05) is 118 Å². The molecule has 0 radical (unpaired) electrons. The topological polar surface area (TPSA) is 61.7 Å². The largest absolute Gasteiger partial charge is 0.456 e. The number of para-hydroxylation sites is 6. The lowest BCUT2D eigenvalue weighted by Crippen LogP contribution is -2.18. The Balaban J connectivity index is 1.20. The summed E-state index contributed by atoms with van der Waals surface area (Å²) in [4.78, 5) is 15.9. The van der Waals surface area contributed by atoms with Crippen LogP contribution in [0.2, 0.25) is 0 Å². The summed E-state index contributed by atoms with van der Waals surface area (Å²) in [5.74, 6) is 1.98. The molecule has 0 saturated carbocycles. The maximum atomic E-state index is 6.43. The van der Waals surface area contributed by atoms with Crippen LogP contribution in [-0.4, -0.2) is 24.1 Å². The van der Waals surface area contributed by atoms with Crippen LogP contribution in [0.1, 0.15) is 26.6 Å². The van der Waals surface area contributed by atoms with Crippen LogP contribution in [0.15, 0.2) is 162 Å². The molecule has 11 aromatic rings. The summed E-state index contributed by atoms with van der Waals surface area (Å²) in [6.45, 7) is 6.48. The fourth-order valence-corrected chi connectivity index (χ4v) is 8.37. The predicted molar refractivity (Wildman–Crippen MR) is 225 cm³/mol. The van der Waals surface area contributed by atoms with E-state index in [0.29, 0.717) is 11.6 Å². The monoisotopic (exact) mass is 709 g/mol. The summed E-state index contributed by atoms with van der Waals surface area (Å²) >= 11 is 0. The van der Waals surface area contributed by atoms with Crippen LogP contribution in [0, 0.1) is 0 Å². The Hall–Kier alpha value is -7.05. The standard InChI is InChI=1S/C49H35N5O/c1-49(2,3)48-51-46(34-19-7-13-25-40(34)53-37-22-10-4-16-30(37)31-17-5-11-23-38(31)53)50-47(52-48)35-20-8-14-26-41(35)54-39-24-12-6-18-32(39)33-28-29-43-44(45(33)54)36-21-9-15-27-42(36)55-43/h4-29H,1-3H3. The molecular weight excluding hydrogens is 675 g/mol. The molecule has 0 aliphatic carbocycles. The van der Waals surface area contributed by atoms with Gasteiger partial charge in [0, 0.05) is 43.5 Å². The minimum absolute atomic E-state index is 0.349. The quantitative estimate of drug-likeness (QED) is 0.182. The van der Waals surface area contributed by atoms with Crippen molar-refractivity contribution in [3.63, 3.8) is 0 Å². The van der Waals surface area contributed by atoms with E-state index in [2.05, 4.69) is 175 Å². The van der Waals surface area contributed by atoms with Crippen LogP contribution >= 0.6 is 0 Å². The Morgan fingerprint density at radius 2 is 0.891 bits per heavy atom. The average molecular weight is 710 g/mol. The zero-order chi connectivity index (χ0) is 36.8. The molecule has 262 valence electrons. The molecule has 0 bridgehead atoms. The molecule has 0 N–H and O–H groups in total. The van der Waals surface area contributed by atoms with E-state index in [1.165, 1.54) is 16.2 Å². The second-order valence-electron chi connectivity index (χ2n) is 15.2. The van der Waals surface area contributed by atoms with Gasteiger partial charge in [0.15, 0.2) is 11.6 Å². The van der Waals surface area contributed by atoms with Crippen molar-refractivity contribution < 1.29 is 4.42 Å². The molecule has 0 atom stereocenters. The van der Waals surface area contributed by atoms with E-state index in [9.17, 15) is 0 Å². The van der Waals surface area contributed by atoms with Crippen molar-refractivity contribution in [1.29, 1.82) is 0 Å². The first-order chi connectivity index (χ1) is 26.9. The summed E-state index contributed by atoms with van der Waals surface area (Å²) in [7, 11) is 0. The summed E-state index contributed by atoms with van der Waals surface area (Å²) < 4.78 is 11.1. The number of nitrogens with zero attached hydrogens (tertiary/aromatic N) is 5. The van der Waals surface area contributed by atoms with Crippen LogP contribution in [0.4, 0.5) is 0 Å². The third-order valence-electron chi connectivity index (χ3n) is 10.8. The number of aromatic nitrogens is 5. The Morgan fingerprint density at radius 3 is 1.49 bits per heavy atom. The predicted octanol–water partition coefficient (Wildman–Crippen LogP) is 12.6. The zero-order valence-corrected chi connectivity index (χ0v) is 30.7. The molecule has 0 saturated heterocycles. The number of benzene rings is 7. The molecule has 0 spiro atoms. The lowest BCUT2D eigenvalue weighted by Gasteiger charge is -2.20. The van der Waals surface area contributed by atoms with Crippen molar-refractivity contribution in [2.45, 2.75) is 26.2 Å². The molecule has 55 heavy (non-hydrogen) atoms. The van der Waals surface area contributed by atoms with Gasteiger partial charge in [0.25, 0.3) is 0 Å². The van der Waals surface area contributed by atoms with Crippen LogP contribution in [0.25, 0.3) is 99.7 Å². The number of hydrogen-bond acceptors (Lipinski definition) is 4. The van der Waals surface area contributed by atoms with E-state index in [-0.39, 0.29) is 5.41 Å². The minimum Gasteiger partial charge on any atom is -0.456 e. The zero-order valence-electron chi connectivity index (χ0n) is 30.7. The highest BCUT2D eigenvalue weighted by atomic mass is 16.3. The average Bonchev–Trinajstić information content (AvgIpc) is 3.88. The van der Waals surface area contributed by atoms with Gasteiger partial charge in [-0.05, 0) is 60.7 Å². The van der Waals surface area contributed by atoms with Gasteiger partial charge in [-0.25, -0.2) is 15.0 Å². The Morgan fingerprint density at radius 1 is 0.418 bits per heavy atom. The molecule has 7 aromatic carbocycles. The van der Waals surface area contributed by atoms with Crippen molar-refractivity contribution in [2.24, 2.45) is 0 Å². The summed E-state index contributed by atoms with van der Waals surface area (Å²) in [5.41, 5.74) is 9.69. The molecule has 11 rings (SSSR count). The summed E-state index contributed by atoms with van der Waals surface area (Å²) in [6.07, 6.45) is 0. The van der Waals surface area contributed by atoms with Crippen LogP contribution in [0.5, 0.6) is 0 Å². The molecule has 4 aromatic heterocycles. The molecule has 0 unspecified atom stereocenters. The van der Waals surface area contributed by atoms with Gasteiger partial charge in [0.1, 0.15) is 17.0 Å². The van der Waals surface area contributed by atoms with Crippen molar-refractivity contribution in [3.05, 3.63) is 164 Å². The van der Waals surface area contributed by atoms with E-state index in [4.69, 9.17) is 19.4 Å². The minimum atomic E-state index is -0.349. The third-order valence-corrected chi connectivity index (χ3v) is 10.8. The third kappa shape index (κ3) is 4.71. The smallest absolute Gasteiger partial charge is 0.165 e. The lowest BCUT2D eigenvalue weighted by molar-refractivity contribution is 0.543. The number of hydrogen-bond donors (Lipinski definition) is 0. The number of rotatable bonds is 4. The van der Waals surface area contributed by atoms with Crippen LogP contribution < -0.4 is 0 Å². The van der Waals surface area contributed by atoms with Crippen LogP contribution in [0.3, 0.4) is 0 Å². The Bertz CT molecular complexity index is 3270. The highest BCUT2D eigenvalue weighted by Crippen LogP contribution is 2.43. The molecule has 0 fully saturated rings. The number of furan rings is 1. The molecule has 6 heteroatoms. The second-order valence-corrected chi connectivity index (χ2v) is 15.2. The summed E-state index contributed by atoms with van der Waals surface area (Å²) in [6, 6.07) is 55.3. The maximum Gasteiger partial charge on any atom is 0.165 e. The molecule has 6 nitrogen and oxygen atoms in total. The molecule has 4 heterocycles. The van der Waals surface area contributed by atoms with Crippen molar-refractivity contribution in [1.82, 2.24) is 24.1 Å². The summed E-state index contributed by atoms with van der Waals surface area (Å²) in [5, 5.41) is 6.93. The first-order valence-corrected chi connectivity index (χ1v) is 18.7. The van der Waals surface area contributed by atoms with Crippen molar-refractivity contribution in [2.75, 3.05) is 0 Å². The van der Waals surface area contributed by atoms with Gasteiger partial charge in [-0.15, -0.1) is 0 Å². The van der Waals surface area contributed by atoms with Crippen molar-refractivity contribution in [3.8, 4) is 34.2 Å². The van der Waals surface area contributed by atoms with E-state index >= 15 is 0 Å². The van der Waals surface area contributed by atoms with Gasteiger partial charge >= 0.3 is 0 Å². The maximum absolute atomic E-state index is 6.43. The van der Waals surface area contributed by atoms with E-state index in [1.807, 2.05) is 12.1 Å². The van der Waals surface area contributed by atoms with Gasteiger partial charge < -0.3 is 13.6 Å². The highest BCUT2D eigenvalue weighted by Gasteiger charge is 2.26. The van der Waals surface area contributed by atoms with Gasteiger partial charge in [0.2, 0.25) is 0 Å². The normalized spacial score (nSPS) is 12.3. The van der Waals surface area contributed by atoms with Gasteiger partial charge in [-0.2, -0.15) is 0 Å². The molecule has 0 aliphatic rings. The first-order valence-electron chi connectivity index (χ1n) is 18.7. The fraction of sp³-hybridized carbons (Fsp3) is 0.0816. The molecule has 0 amide bonds. The molecular formula is C49H35N5O. The van der Waals surface area contributed by atoms with Crippen LogP contribution in [-0.2, 0) is 5.41 Å². The van der Waals surface area contributed by atoms with Gasteiger partial charge in [-0.3, -0.25) is 0 Å². The number of fused-ring (bicyclic) bond motifs is 10.